The second-order valence-electron chi connectivity index (χ2n) is 3.67. The van der Waals surface area contributed by atoms with Crippen LogP contribution in [0.4, 0.5) is 0 Å². The van der Waals surface area contributed by atoms with Crippen molar-refractivity contribution >= 4 is 29.3 Å². The minimum Gasteiger partial charge on any atom is -0.469 e. The number of ether oxygens (including phenoxy) is 1. The van der Waals surface area contributed by atoms with Gasteiger partial charge in [-0.25, -0.2) is 0 Å². The first-order valence-corrected chi connectivity index (χ1v) is 7.23. The first kappa shape index (κ1) is 15.3. The average molecular weight is 288 g/mol. The molecule has 1 aromatic rings. The van der Waals surface area contributed by atoms with Gasteiger partial charge in [0.2, 0.25) is 0 Å². The van der Waals surface area contributed by atoms with Crippen LogP contribution >= 0.6 is 23.4 Å². The number of nitrogens with one attached hydrogen (secondary N) is 1. The van der Waals surface area contributed by atoms with Crippen molar-refractivity contribution < 1.29 is 9.53 Å². The molecule has 0 bridgehead atoms. The molecule has 0 unspecified atom stereocenters. The molecule has 0 spiro atoms. The fourth-order valence-electron chi connectivity index (χ4n) is 1.44. The van der Waals surface area contributed by atoms with Gasteiger partial charge in [-0.1, -0.05) is 24.6 Å². The Labute approximate surface area is 117 Å². The van der Waals surface area contributed by atoms with Crippen LogP contribution in [0.25, 0.3) is 0 Å². The van der Waals surface area contributed by atoms with E-state index in [1.165, 1.54) is 7.11 Å². The van der Waals surface area contributed by atoms with Crippen LogP contribution in [0.3, 0.4) is 0 Å². The summed E-state index contributed by atoms with van der Waals surface area (Å²) in [6.07, 6.45) is 0.411. The van der Waals surface area contributed by atoms with Crippen LogP contribution in [0.5, 0.6) is 0 Å². The molecule has 0 heterocycles. The Balaban J connectivity index is 2.63. The highest BCUT2D eigenvalue weighted by molar-refractivity contribution is 7.99. The molecule has 0 aliphatic carbocycles. The molecule has 1 aromatic carbocycles. The van der Waals surface area contributed by atoms with Crippen LogP contribution in [0.15, 0.2) is 23.1 Å². The zero-order valence-corrected chi connectivity index (χ0v) is 12.2. The highest BCUT2D eigenvalue weighted by atomic mass is 35.5. The highest BCUT2D eigenvalue weighted by Gasteiger charge is 2.08. The predicted octanol–water partition coefficient (Wildman–Crippen LogP) is 3.10. The number of carbonyl (C=O) groups is 1. The molecule has 0 aliphatic heterocycles. The number of halogens is 1. The molecule has 0 saturated heterocycles. The lowest BCUT2D eigenvalue weighted by Gasteiger charge is -2.11. The van der Waals surface area contributed by atoms with Crippen molar-refractivity contribution in [3.8, 4) is 0 Å². The number of hydrogen-bond donors (Lipinski definition) is 1. The van der Waals surface area contributed by atoms with Crippen molar-refractivity contribution in [1.29, 1.82) is 0 Å². The van der Waals surface area contributed by atoms with E-state index in [1.54, 1.807) is 11.8 Å². The summed E-state index contributed by atoms with van der Waals surface area (Å²) in [7, 11) is 1.41. The maximum atomic E-state index is 11.1. The van der Waals surface area contributed by atoms with Gasteiger partial charge >= 0.3 is 5.97 Å². The quantitative estimate of drug-likeness (QED) is 0.618. The van der Waals surface area contributed by atoms with Gasteiger partial charge in [0.05, 0.1) is 13.5 Å². The zero-order chi connectivity index (χ0) is 13.4. The van der Waals surface area contributed by atoms with Gasteiger partial charge in [0, 0.05) is 22.2 Å². The van der Waals surface area contributed by atoms with E-state index < -0.39 is 0 Å². The van der Waals surface area contributed by atoms with Crippen molar-refractivity contribution in [2.45, 2.75) is 24.8 Å². The molecule has 5 heteroatoms. The number of methoxy groups -OCH3 is 1. The van der Waals surface area contributed by atoms with Crippen LogP contribution in [-0.2, 0) is 16.1 Å². The van der Waals surface area contributed by atoms with E-state index in [9.17, 15) is 4.79 Å². The van der Waals surface area contributed by atoms with Crippen LogP contribution in [0.1, 0.15) is 18.9 Å². The first-order valence-electron chi connectivity index (χ1n) is 5.86. The Kier molecular flexibility index (Phi) is 7.16. The molecule has 0 amide bonds. The fourth-order valence-corrected chi connectivity index (χ4v) is 2.76. The molecule has 1 N–H and O–H groups in total. The molecule has 100 valence electrons. The maximum absolute atomic E-state index is 11.1. The topological polar surface area (TPSA) is 38.3 Å². The SMILES string of the molecule is CCNCc1c(Cl)cccc1SCCC(=O)OC. The van der Waals surface area contributed by atoms with Gasteiger partial charge in [0.15, 0.2) is 0 Å². The second-order valence-corrected chi connectivity index (χ2v) is 5.22. The molecule has 18 heavy (non-hydrogen) atoms. The van der Waals surface area contributed by atoms with Gasteiger partial charge in [-0.3, -0.25) is 4.79 Å². The lowest BCUT2D eigenvalue weighted by Crippen LogP contribution is -2.13. The van der Waals surface area contributed by atoms with Crippen LogP contribution in [0, 0.1) is 0 Å². The van der Waals surface area contributed by atoms with Gasteiger partial charge in [-0.2, -0.15) is 0 Å². The van der Waals surface area contributed by atoms with Crippen LogP contribution in [-0.4, -0.2) is 25.4 Å². The number of benzene rings is 1. The van der Waals surface area contributed by atoms with Gasteiger partial charge in [-0.05, 0) is 24.2 Å². The van der Waals surface area contributed by atoms with E-state index in [-0.39, 0.29) is 5.97 Å². The summed E-state index contributed by atoms with van der Waals surface area (Å²) in [5.41, 5.74) is 1.09. The summed E-state index contributed by atoms with van der Waals surface area (Å²) in [5, 5.41) is 4.03. The molecular formula is C13H18ClNO2S. The standard InChI is InChI=1S/C13H18ClNO2S/c1-3-15-9-10-11(14)5-4-6-12(10)18-8-7-13(16)17-2/h4-6,15H,3,7-9H2,1-2H3. The molecule has 0 aromatic heterocycles. The van der Waals surface area contributed by atoms with Crippen LogP contribution in [0.2, 0.25) is 5.02 Å². The van der Waals surface area contributed by atoms with E-state index >= 15 is 0 Å². The van der Waals surface area contributed by atoms with E-state index in [4.69, 9.17) is 11.6 Å². The summed E-state index contributed by atoms with van der Waals surface area (Å²) in [5.74, 6) is 0.518. The summed E-state index contributed by atoms with van der Waals surface area (Å²) in [4.78, 5) is 12.2. The molecule has 0 aliphatic rings. The van der Waals surface area contributed by atoms with Crippen molar-refractivity contribution in [2.24, 2.45) is 0 Å². The molecule has 0 radical (unpaired) electrons. The van der Waals surface area contributed by atoms with Gasteiger partial charge in [-0.15, -0.1) is 11.8 Å². The summed E-state index contributed by atoms with van der Waals surface area (Å²) < 4.78 is 4.62. The first-order chi connectivity index (χ1) is 8.69. The summed E-state index contributed by atoms with van der Waals surface area (Å²) >= 11 is 7.82. The van der Waals surface area contributed by atoms with Gasteiger partial charge in [0.25, 0.3) is 0 Å². The Morgan fingerprint density at radius 3 is 2.94 bits per heavy atom. The Hall–Kier alpha value is -0.710. The van der Waals surface area contributed by atoms with E-state index in [2.05, 4.69) is 17.0 Å². The third-order valence-electron chi connectivity index (χ3n) is 2.42. The van der Waals surface area contributed by atoms with Crippen molar-refractivity contribution in [3.05, 3.63) is 28.8 Å². The van der Waals surface area contributed by atoms with Crippen molar-refractivity contribution in [3.63, 3.8) is 0 Å². The summed E-state index contributed by atoms with van der Waals surface area (Å²) in [6, 6.07) is 5.84. The predicted molar refractivity (Wildman–Crippen MR) is 76.2 cm³/mol. The number of esters is 1. The lowest BCUT2D eigenvalue weighted by molar-refractivity contribution is -0.140. The zero-order valence-electron chi connectivity index (χ0n) is 10.7. The molecule has 0 fully saturated rings. The Morgan fingerprint density at radius 2 is 2.28 bits per heavy atom. The normalized spacial score (nSPS) is 10.4. The number of rotatable bonds is 7. The maximum Gasteiger partial charge on any atom is 0.306 e. The number of hydrogen-bond acceptors (Lipinski definition) is 4. The largest absolute Gasteiger partial charge is 0.469 e. The van der Waals surface area contributed by atoms with Crippen molar-refractivity contribution in [2.75, 3.05) is 19.4 Å². The molecule has 0 atom stereocenters. The third-order valence-corrected chi connectivity index (χ3v) is 3.87. The van der Waals surface area contributed by atoms with E-state index in [1.807, 2.05) is 18.2 Å². The minimum absolute atomic E-state index is 0.183. The lowest BCUT2D eigenvalue weighted by atomic mass is 10.2. The highest BCUT2D eigenvalue weighted by Crippen LogP contribution is 2.28. The Morgan fingerprint density at radius 1 is 1.50 bits per heavy atom. The van der Waals surface area contributed by atoms with Gasteiger partial charge in [0.1, 0.15) is 0 Å². The van der Waals surface area contributed by atoms with E-state index in [0.717, 1.165) is 28.6 Å². The number of carbonyl (C=O) groups excluding carboxylic acids is 1. The fraction of sp³-hybridized carbons (Fsp3) is 0.462. The minimum atomic E-state index is -0.183. The van der Waals surface area contributed by atoms with E-state index in [0.29, 0.717) is 12.2 Å². The van der Waals surface area contributed by atoms with Crippen molar-refractivity contribution in [1.82, 2.24) is 5.32 Å². The molecular weight excluding hydrogens is 270 g/mol. The smallest absolute Gasteiger partial charge is 0.306 e. The van der Waals surface area contributed by atoms with Crippen LogP contribution < -0.4 is 5.32 Å². The average Bonchev–Trinajstić information content (AvgIpc) is 2.37. The molecule has 0 saturated carbocycles. The third kappa shape index (κ3) is 4.88. The summed E-state index contributed by atoms with van der Waals surface area (Å²) in [6.45, 7) is 3.70. The second kappa shape index (κ2) is 8.40. The molecule has 1 rings (SSSR count). The molecule has 3 nitrogen and oxygen atoms in total. The van der Waals surface area contributed by atoms with Gasteiger partial charge < -0.3 is 10.1 Å². The number of thioether (sulfide) groups is 1. The Bertz CT molecular complexity index is 399. The monoisotopic (exact) mass is 287 g/mol.